The molecule has 1 aliphatic rings. The summed E-state index contributed by atoms with van der Waals surface area (Å²) >= 11 is 6.05. The number of hydrogen-bond acceptors (Lipinski definition) is 2. The van der Waals surface area contributed by atoms with Gasteiger partial charge in [0.15, 0.2) is 0 Å². The normalized spacial score (nSPS) is 21.4. The van der Waals surface area contributed by atoms with Gasteiger partial charge in [0.05, 0.1) is 5.71 Å². The highest BCUT2D eigenvalue weighted by Gasteiger charge is 2.45. The van der Waals surface area contributed by atoms with E-state index in [1.807, 2.05) is 0 Å². The number of nitrogens with zero attached hydrogens (tertiary/aromatic N) is 1. The molecular formula is C16H12ClF2NO. The predicted molar refractivity (Wildman–Crippen MR) is 77.0 cm³/mol. The van der Waals surface area contributed by atoms with Gasteiger partial charge in [0.1, 0.15) is 11.6 Å². The van der Waals surface area contributed by atoms with Crippen LogP contribution in [-0.4, -0.2) is 10.9 Å². The van der Waals surface area contributed by atoms with Crippen LogP contribution in [0.25, 0.3) is 0 Å². The molecule has 0 saturated heterocycles. The van der Waals surface area contributed by atoms with Crippen LogP contribution < -0.4 is 0 Å². The molecule has 2 nitrogen and oxygen atoms in total. The molecule has 2 atom stereocenters. The zero-order valence-corrected chi connectivity index (χ0v) is 11.7. The lowest BCUT2D eigenvalue weighted by Crippen LogP contribution is -2.06. The standard InChI is InChI=1S/C16H12ClF2NO/c17-13-2-1-3-14(19)15(13)11-8-12(11)16(20-21)9-4-6-10(18)7-5-9/h1-7,11-12,21H,8H2/b20-16+/t11-,12-/m0/s1. The Morgan fingerprint density at radius 1 is 1.14 bits per heavy atom. The third kappa shape index (κ3) is 2.63. The van der Waals surface area contributed by atoms with Gasteiger partial charge in [-0.05, 0) is 42.2 Å². The van der Waals surface area contributed by atoms with Crippen molar-refractivity contribution < 1.29 is 14.0 Å². The molecule has 2 aromatic carbocycles. The Morgan fingerprint density at radius 3 is 2.48 bits per heavy atom. The third-order valence-electron chi connectivity index (χ3n) is 3.76. The van der Waals surface area contributed by atoms with Crippen molar-refractivity contribution in [3.05, 3.63) is 70.2 Å². The van der Waals surface area contributed by atoms with Gasteiger partial charge in [0, 0.05) is 16.5 Å². The quantitative estimate of drug-likeness (QED) is 0.502. The number of hydrogen-bond donors (Lipinski definition) is 1. The van der Waals surface area contributed by atoms with Crippen molar-refractivity contribution in [2.24, 2.45) is 11.1 Å². The lowest BCUT2D eigenvalue weighted by Gasteiger charge is -2.07. The van der Waals surface area contributed by atoms with Gasteiger partial charge in [-0.15, -0.1) is 0 Å². The van der Waals surface area contributed by atoms with E-state index in [4.69, 9.17) is 11.6 Å². The molecular weight excluding hydrogens is 296 g/mol. The molecule has 0 aromatic heterocycles. The SMILES string of the molecule is O/N=C(\c1ccc(F)cc1)[C@H]1C[C@@H]1c1c(F)cccc1Cl. The summed E-state index contributed by atoms with van der Waals surface area (Å²) in [5.41, 5.74) is 1.51. The van der Waals surface area contributed by atoms with Crippen LogP contribution in [0.3, 0.4) is 0 Å². The second kappa shape index (κ2) is 5.45. The molecule has 0 bridgehead atoms. The minimum atomic E-state index is -0.361. The average molecular weight is 308 g/mol. The van der Waals surface area contributed by atoms with Crippen molar-refractivity contribution in [3.8, 4) is 0 Å². The molecule has 108 valence electrons. The summed E-state index contributed by atoms with van der Waals surface area (Å²) in [6, 6.07) is 10.3. The lowest BCUT2D eigenvalue weighted by molar-refractivity contribution is 0.317. The van der Waals surface area contributed by atoms with Crippen LogP contribution in [0.15, 0.2) is 47.6 Å². The van der Waals surface area contributed by atoms with Crippen LogP contribution in [0.1, 0.15) is 23.5 Å². The minimum Gasteiger partial charge on any atom is -0.411 e. The maximum atomic E-state index is 13.9. The highest BCUT2D eigenvalue weighted by molar-refractivity contribution is 6.31. The summed E-state index contributed by atoms with van der Waals surface area (Å²) in [6.07, 6.45) is 0.650. The van der Waals surface area contributed by atoms with E-state index in [1.165, 1.54) is 18.2 Å². The lowest BCUT2D eigenvalue weighted by atomic mass is 10.0. The molecule has 21 heavy (non-hydrogen) atoms. The van der Waals surface area contributed by atoms with Crippen molar-refractivity contribution in [2.45, 2.75) is 12.3 Å². The van der Waals surface area contributed by atoms with E-state index in [9.17, 15) is 14.0 Å². The maximum Gasteiger partial charge on any atom is 0.128 e. The molecule has 1 aliphatic carbocycles. The Hall–Kier alpha value is -1.94. The Labute approximate surface area is 125 Å². The number of benzene rings is 2. The Balaban J connectivity index is 1.88. The van der Waals surface area contributed by atoms with Crippen molar-refractivity contribution in [1.29, 1.82) is 0 Å². The Kier molecular flexibility index (Phi) is 3.64. The van der Waals surface area contributed by atoms with E-state index < -0.39 is 0 Å². The first-order valence-electron chi connectivity index (χ1n) is 6.53. The molecule has 3 rings (SSSR count). The highest BCUT2D eigenvalue weighted by Crippen LogP contribution is 2.52. The van der Waals surface area contributed by atoms with Gasteiger partial charge in [-0.1, -0.05) is 35.0 Å². The first-order chi connectivity index (χ1) is 10.1. The molecule has 1 saturated carbocycles. The largest absolute Gasteiger partial charge is 0.411 e. The van der Waals surface area contributed by atoms with Gasteiger partial charge in [-0.2, -0.15) is 0 Å². The topological polar surface area (TPSA) is 32.6 Å². The van der Waals surface area contributed by atoms with E-state index >= 15 is 0 Å². The molecule has 0 heterocycles. The molecule has 0 radical (unpaired) electrons. The molecule has 0 spiro atoms. The van der Waals surface area contributed by atoms with Crippen molar-refractivity contribution in [1.82, 2.24) is 0 Å². The molecule has 1 N–H and O–H groups in total. The minimum absolute atomic E-state index is 0.116. The van der Waals surface area contributed by atoms with Crippen molar-refractivity contribution in [3.63, 3.8) is 0 Å². The molecule has 5 heteroatoms. The van der Waals surface area contributed by atoms with Crippen molar-refractivity contribution >= 4 is 17.3 Å². The fourth-order valence-corrected chi connectivity index (χ4v) is 2.95. The van der Waals surface area contributed by atoms with Crippen LogP contribution >= 0.6 is 11.6 Å². The number of rotatable bonds is 3. The first kappa shape index (κ1) is 14.0. The van der Waals surface area contributed by atoms with Crippen molar-refractivity contribution in [2.75, 3.05) is 0 Å². The van der Waals surface area contributed by atoms with Gasteiger partial charge in [-0.25, -0.2) is 8.78 Å². The Morgan fingerprint density at radius 2 is 1.86 bits per heavy atom. The maximum absolute atomic E-state index is 13.9. The van der Waals surface area contributed by atoms with E-state index in [-0.39, 0.29) is 23.5 Å². The molecule has 1 fully saturated rings. The summed E-state index contributed by atoms with van der Waals surface area (Å²) in [7, 11) is 0. The monoisotopic (exact) mass is 307 g/mol. The van der Waals surface area contributed by atoms with E-state index in [2.05, 4.69) is 5.16 Å². The first-order valence-corrected chi connectivity index (χ1v) is 6.91. The zero-order valence-electron chi connectivity index (χ0n) is 10.9. The summed E-state index contributed by atoms with van der Waals surface area (Å²) in [6.45, 7) is 0. The van der Waals surface area contributed by atoms with Crippen LogP contribution in [0, 0.1) is 17.6 Å². The predicted octanol–water partition coefficient (Wildman–Crippen LogP) is 4.60. The van der Waals surface area contributed by atoms with Crippen LogP contribution in [0.2, 0.25) is 5.02 Å². The molecule has 0 aliphatic heterocycles. The summed E-state index contributed by atoms with van der Waals surface area (Å²) in [5.74, 6) is -0.948. The zero-order chi connectivity index (χ0) is 15.0. The van der Waals surface area contributed by atoms with Gasteiger partial charge in [0.2, 0.25) is 0 Å². The van der Waals surface area contributed by atoms with Crippen LogP contribution in [0.5, 0.6) is 0 Å². The summed E-state index contributed by atoms with van der Waals surface area (Å²) in [5, 5.41) is 12.9. The van der Waals surface area contributed by atoms with Gasteiger partial charge >= 0.3 is 0 Å². The molecule has 0 unspecified atom stereocenters. The van der Waals surface area contributed by atoms with E-state index in [0.29, 0.717) is 28.3 Å². The second-order valence-corrected chi connectivity index (χ2v) is 5.48. The van der Waals surface area contributed by atoms with E-state index in [0.717, 1.165) is 0 Å². The fourth-order valence-electron chi connectivity index (χ4n) is 2.65. The Bertz CT molecular complexity index is 680. The second-order valence-electron chi connectivity index (χ2n) is 5.08. The molecule has 2 aromatic rings. The average Bonchev–Trinajstić information content (AvgIpc) is 3.22. The van der Waals surface area contributed by atoms with Gasteiger partial charge in [0.25, 0.3) is 0 Å². The fraction of sp³-hybridized carbons (Fsp3) is 0.188. The van der Waals surface area contributed by atoms with Crippen LogP contribution in [-0.2, 0) is 0 Å². The number of halogens is 3. The summed E-state index contributed by atoms with van der Waals surface area (Å²) in [4.78, 5) is 0. The highest BCUT2D eigenvalue weighted by atomic mass is 35.5. The van der Waals surface area contributed by atoms with Gasteiger partial charge in [-0.3, -0.25) is 0 Å². The molecule has 0 amide bonds. The smallest absolute Gasteiger partial charge is 0.128 e. The summed E-state index contributed by atoms with van der Waals surface area (Å²) < 4.78 is 26.8. The third-order valence-corrected chi connectivity index (χ3v) is 4.09. The van der Waals surface area contributed by atoms with E-state index in [1.54, 1.807) is 24.3 Å². The number of oxime groups is 1. The van der Waals surface area contributed by atoms with Crippen LogP contribution in [0.4, 0.5) is 8.78 Å². The van der Waals surface area contributed by atoms with Gasteiger partial charge < -0.3 is 5.21 Å².